The lowest BCUT2D eigenvalue weighted by Gasteiger charge is -2.40. The molecular weight excluding hydrogens is 516 g/mol. The Balaban J connectivity index is 1.28. The number of amides is 2. The van der Waals surface area contributed by atoms with E-state index >= 15 is 0 Å². The summed E-state index contributed by atoms with van der Waals surface area (Å²) in [5.74, 6) is 3.84. The minimum Gasteiger partial charge on any atom is -0.493 e. The van der Waals surface area contributed by atoms with E-state index in [1.54, 1.807) is 42.7 Å². The van der Waals surface area contributed by atoms with Crippen molar-refractivity contribution < 1.29 is 33.2 Å². The Kier molecular flexibility index (Phi) is 10.1. The van der Waals surface area contributed by atoms with E-state index in [-0.39, 0.29) is 6.03 Å². The number of carbonyl (C=O) groups is 1. The van der Waals surface area contributed by atoms with Crippen LogP contribution in [0.25, 0.3) is 0 Å². The number of methoxy groups -OCH3 is 6. The van der Waals surface area contributed by atoms with E-state index in [9.17, 15) is 4.79 Å². The number of carbonyl (C=O) groups excluding carboxylic acids is 1. The molecule has 0 N–H and O–H groups in total. The van der Waals surface area contributed by atoms with Gasteiger partial charge < -0.3 is 38.2 Å². The molecule has 2 aliphatic heterocycles. The first kappa shape index (κ1) is 29.4. The van der Waals surface area contributed by atoms with Crippen LogP contribution < -0.4 is 28.4 Å². The van der Waals surface area contributed by atoms with Gasteiger partial charge in [-0.05, 0) is 12.1 Å². The highest BCUT2D eigenvalue weighted by molar-refractivity contribution is 5.74. The van der Waals surface area contributed by atoms with Crippen LogP contribution >= 0.6 is 0 Å². The van der Waals surface area contributed by atoms with E-state index in [4.69, 9.17) is 28.4 Å². The molecule has 220 valence electrons. The first-order chi connectivity index (χ1) is 19.5. The van der Waals surface area contributed by atoms with Crippen molar-refractivity contribution in [3.8, 4) is 34.5 Å². The van der Waals surface area contributed by atoms with Crippen LogP contribution in [-0.2, 0) is 13.1 Å². The lowest BCUT2D eigenvalue weighted by atomic mass is 10.1. The minimum atomic E-state index is 0.117. The molecule has 2 saturated heterocycles. The largest absolute Gasteiger partial charge is 0.493 e. The number of benzene rings is 2. The van der Waals surface area contributed by atoms with Crippen molar-refractivity contribution in [2.45, 2.75) is 13.1 Å². The summed E-state index contributed by atoms with van der Waals surface area (Å²) in [4.78, 5) is 21.9. The molecule has 4 rings (SSSR count). The zero-order valence-corrected chi connectivity index (χ0v) is 24.5. The highest BCUT2D eigenvalue weighted by Crippen LogP contribution is 2.41. The maximum atomic E-state index is 13.3. The number of hydrogen-bond donors (Lipinski definition) is 0. The van der Waals surface area contributed by atoms with Gasteiger partial charge in [0, 0.05) is 76.6 Å². The van der Waals surface area contributed by atoms with Crippen molar-refractivity contribution in [1.29, 1.82) is 0 Å². The molecule has 0 atom stereocenters. The molecule has 2 aliphatic rings. The fourth-order valence-corrected chi connectivity index (χ4v) is 5.45. The van der Waals surface area contributed by atoms with Crippen LogP contribution in [0.5, 0.6) is 34.5 Å². The maximum Gasteiger partial charge on any atom is 0.320 e. The van der Waals surface area contributed by atoms with Crippen molar-refractivity contribution in [3.63, 3.8) is 0 Å². The van der Waals surface area contributed by atoms with E-state index in [2.05, 4.69) is 9.80 Å². The van der Waals surface area contributed by atoms with Gasteiger partial charge in [0.15, 0.2) is 23.0 Å². The quantitative estimate of drug-likeness (QED) is 0.437. The Labute approximate surface area is 237 Å². The Morgan fingerprint density at radius 1 is 0.525 bits per heavy atom. The van der Waals surface area contributed by atoms with E-state index in [0.717, 1.165) is 37.3 Å². The Bertz CT molecular complexity index is 1060. The van der Waals surface area contributed by atoms with Crippen molar-refractivity contribution in [2.24, 2.45) is 0 Å². The SMILES string of the molecule is COc1ccc(CN2CCN(C(=O)N3CCN(Cc4ccc(OC)c(OC)c4OC)CC3)CC2)c(OC)c1OC. The van der Waals surface area contributed by atoms with E-state index in [1.165, 1.54) is 0 Å². The molecule has 40 heavy (non-hydrogen) atoms. The van der Waals surface area contributed by atoms with Crippen molar-refractivity contribution in [3.05, 3.63) is 35.4 Å². The predicted molar refractivity (Wildman–Crippen MR) is 151 cm³/mol. The lowest BCUT2D eigenvalue weighted by Crippen LogP contribution is -2.56. The first-order valence-electron chi connectivity index (χ1n) is 13.5. The van der Waals surface area contributed by atoms with Crippen LogP contribution in [-0.4, -0.2) is 121 Å². The molecule has 11 nitrogen and oxygen atoms in total. The van der Waals surface area contributed by atoms with Gasteiger partial charge in [-0.3, -0.25) is 9.80 Å². The summed E-state index contributed by atoms with van der Waals surface area (Å²) in [5, 5.41) is 0. The number of piperazine rings is 2. The van der Waals surface area contributed by atoms with E-state index < -0.39 is 0 Å². The monoisotopic (exact) mass is 558 g/mol. The van der Waals surface area contributed by atoms with Gasteiger partial charge in [0.2, 0.25) is 11.5 Å². The van der Waals surface area contributed by atoms with Crippen LogP contribution in [0, 0.1) is 0 Å². The van der Waals surface area contributed by atoms with Gasteiger partial charge in [-0.25, -0.2) is 4.79 Å². The average molecular weight is 559 g/mol. The summed E-state index contributed by atoms with van der Waals surface area (Å²) < 4.78 is 33.1. The summed E-state index contributed by atoms with van der Waals surface area (Å²) >= 11 is 0. The molecule has 2 aromatic carbocycles. The second-order valence-electron chi connectivity index (χ2n) is 9.80. The number of urea groups is 1. The van der Waals surface area contributed by atoms with Crippen molar-refractivity contribution in [2.75, 3.05) is 95.0 Å². The van der Waals surface area contributed by atoms with Crippen LogP contribution in [0.2, 0.25) is 0 Å². The van der Waals surface area contributed by atoms with Crippen LogP contribution in [0.4, 0.5) is 4.79 Å². The third-order valence-electron chi connectivity index (χ3n) is 7.64. The van der Waals surface area contributed by atoms with Crippen molar-refractivity contribution in [1.82, 2.24) is 19.6 Å². The Hall–Kier alpha value is -3.57. The average Bonchev–Trinajstić information content (AvgIpc) is 3.00. The highest BCUT2D eigenvalue weighted by Gasteiger charge is 2.29. The standard InChI is InChI=1S/C29H42N4O7/c1-35-23-9-7-21(25(37-3)27(23)39-5)19-30-11-15-32(16-12-30)29(34)33-17-13-31(14-18-33)20-22-8-10-24(36-2)28(40-6)26(22)38-4/h7-10H,11-20H2,1-6H3. The fourth-order valence-electron chi connectivity index (χ4n) is 5.45. The Morgan fingerprint density at radius 3 is 1.18 bits per heavy atom. The maximum absolute atomic E-state index is 13.3. The molecule has 0 bridgehead atoms. The molecule has 2 amide bonds. The molecule has 0 aliphatic carbocycles. The summed E-state index contributed by atoms with van der Waals surface area (Å²) in [6.45, 7) is 7.37. The molecule has 0 saturated carbocycles. The van der Waals surface area contributed by atoms with Crippen LogP contribution in [0.1, 0.15) is 11.1 Å². The summed E-state index contributed by atoms with van der Waals surface area (Å²) in [7, 11) is 9.73. The zero-order chi connectivity index (χ0) is 28.6. The van der Waals surface area contributed by atoms with Gasteiger partial charge >= 0.3 is 6.03 Å². The number of hydrogen-bond acceptors (Lipinski definition) is 9. The van der Waals surface area contributed by atoms with Gasteiger partial charge in [-0.2, -0.15) is 0 Å². The summed E-state index contributed by atoms with van der Waals surface area (Å²) in [6.07, 6.45) is 0. The molecular formula is C29H42N4O7. The zero-order valence-electron chi connectivity index (χ0n) is 24.5. The molecule has 2 heterocycles. The van der Waals surface area contributed by atoms with E-state index in [1.807, 2.05) is 34.1 Å². The smallest absolute Gasteiger partial charge is 0.320 e. The molecule has 2 aromatic rings. The lowest BCUT2D eigenvalue weighted by molar-refractivity contribution is 0.0865. The fraction of sp³-hybridized carbons (Fsp3) is 0.552. The number of nitrogens with zero attached hydrogens (tertiary/aromatic N) is 4. The normalized spacial score (nSPS) is 16.4. The number of rotatable bonds is 10. The minimum absolute atomic E-state index is 0.117. The number of ether oxygens (including phenoxy) is 6. The molecule has 0 unspecified atom stereocenters. The van der Waals surface area contributed by atoms with Gasteiger partial charge in [0.25, 0.3) is 0 Å². The second-order valence-corrected chi connectivity index (χ2v) is 9.80. The third-order valence-corrected chi connectivity index (χ3v) is 7.64. The van der Waals surface area contributed by atoms with E-state index in [0.29, 0.717) is 73.8 Å². The van der Waals surface area contributed by atoms with Crippen LogP contribution in [0.3, 0.4) is 0 Å². The molecule has 11 heteroatoms. The second kappa shape index (κ2) is 13.7. The van der Waals surface area contributed by atoms with Gasteiger partial charge in [0.1, 0.15) is 0 Å². The topological polar surface area (TPSA) is 85.4 Å². The van der Waals surface area contributed by atoms with Gasteiger partial charge in [0.05, 0.1) is 42.7 Å². The van der Waals surface area contributed by atoms with Gasteiger partial charge in [-0.1, -0.05) is 12.1 Å². The molecule has 0 aromatic heterocycles. The van der Waals surface area contributed by atoms with Crippen molar-refractivity contribution >= 4 is 6.03 Å². The van der Waals surface area contributed by atoms with Crippen LogP contribution in [0.15, 0.2) is 24.3 Å². The third kappa shape index (κ3) is 6.26. The predicted octanol–water partition coefficient (Wildman–Crippen LogP) is 2.79. The Morgan fingerprint density at radius 2 is 0.875 bits per heavy atom. The summed E-state index contributed by atoms with van der Waals surface area (Å²) in [6, 6.07) is 7.94. The highest BCUT2D eigenvalue weighted by atomic mass is 16.5. The van der Waals surface area contributed by atoms with Gasteiger partial charge in [-0.15, -0.1) is 0 Å². The molecule has 2 fully saturated rings. The summed E-state index contributed by atoms with van der Waals surface area (Å²) in [5.41, 5.74) is 2.06. The molecule has 0 radical (unpaired) electrons. The first-order valence-corrected chi connectivity index (χ1v) is 13.5. The molecule has 0 spiro atoms.